The first-order valence-corrected chi connectivity index (χ1v) is 5.85. The van der Waals surface area contributed by atoms with Crippen molar-refractivity contribution in [2.24, 2.45) is 5.73 Å². The van der Waals surface area contributed by atoms with E-state index in [9.17, 15) is 9.36 Å². The van der Waals surface area contributed by atoms with Crippen LogP contribution in [0.15, 0.2) is 0 Å². The van der Waals surface area contributed by atoms with E-state index >= 15 is 0 Å². The molecule has 0 saturated heterocycles. The molecule has 0 amide bonds. The van der Waals surface area contributed by atoms with E-state index in [0.29, 0.717) is 0 Å². The van der Waals surface area contributed by atoms with Gasteiger partial charge in [0.1, 0.15) is 0 Å². The van der Waals surface area contributed by atoms with E-state index in [-0.39, 0.29) is 13.2 Å². The number of rotatable bonds is 6. The molecule has 0 rings (SSSR count). The predicted octanol–water partition coefficient (Wildman–Crippen LogP) is 0.710. The van der Waals surface area contributed by atoms with Crippen molar-refractivity contribution in [2.45, 2.75) is 19.6 Å². The zero-order valence-corrected chi connectivity index (χ0v) is 9.45. The summed E-state index contributed by atoms with van der Waals surface area (Å²) in [5, 5.41) is 0. The highest BCUT2D eigenvalue weighted by Crippen LogP contribution is 2.51. The number of hydrogen-bond acceptors (Lipinski definition) is 6. The average molecular weight is 225 g/mol. The molecule has 0 bridgehead atoms. The minimum absolute atomic E-state index is 0.155. The van der Waals surface area contributed by atoms with E-state index in [2.05, 4.69) is 4.74 Å². The van der Waals surface area contributed by atoms with Crippen molar-refractivity contribution in [1.29, 1.82) is 0 Å². The SMILES string of the molecule is CCOP(=O)(OCC)C(N)C(=O)OC. The normalized spacial score (nSPS) is 13.7. The minimum Gasteiger partial charge on any atom is -0.467 e. The fourth-order valence-electron chi connectivity index (χ4n) is 0.808. The van der Waals surface area contributed by atoms with Crippen molar-refractivity contribution in [1.82, 2.24) is 0 Å². The number of esters is 1. The molecule has 0 aromatic rings. The van der Waals surface area contributed by atoms with E-state index < -0.39 is 19.3 Å². The molecule has 0 saturated carbocycles. The molecule has 0 aliphatic rings. The van der Waals surface area contributed by atoms with Crippen LogP contribution in [0.3, 0.4) is 0 Å². The van der Waals surface area contributed by atoms with Crippen LogP contribution in [0.25, 0.3) is 0 Å². The summed E-state index contributed by atoms with van der Waals surface area (Å²) in [4.78, 5) is 11.0. The number of nitrogens with two attached hydrogens (primary N) is 1. The second-order valence-electron chi connectivity index (χ2n) is 2.34. The molecule has 84 valence electrons. The van der Waals surface area contributed by atoms with Gasteiger partial charge in [0.2, 0.25) is 5.78 Å². The molecule has 14 heavy (non-hydrogen) atoms. The maximum atomic E-state index is 11.8. The molecule has 0 fully saturated rings. The Bertz CT molecular complexity index is 222. The Morgan fingerprint density at radius 3 is 2.07 bits per heavy atom. The number of carbonyl (C=O) groups excluding carboxylic acids is 1. The first-order chi connectivity index (χ1) is 6.51. The van der Waals surface area contributed by atoms with Gasteiger partial charge < -0.3 is 19.5 Å². The maximum absolute atomic E-state index is 11.8. The Morgan fingerprint density at radius 2 is 1.79 bits per heavy atom. The highest BCUT2D eigenvalue weighted by atomic mass is 31.2. The maximum Gasteiger partial charge on any atom is 0.358 e. The standard InChI is InChI=1S/C7H16NO5P/c1-4-12-14(10,13-5-2)6(8)7(9)11-3/h6H,4-5,8H2,1-3H3. The van der Waals surface area contributed by atoms with Gasteiger partial charge in [-0.1, -0.05) is 0 Å². The highest BCUT2D eigenvalue weighted by Gasteiger charge is 2.38. The quantitative estimate of drug-likeness (QED) is 0.529. The summed E-state index contributed by atoms with van der Waals surface area (Å²) >= 11 is 0. The highest BCUT2D eigenvalue weighted by molar-refractivity contribution is 7.55. The Morgan fingerprint density at radius 1 is 1.36 bits per heavy atom. The molecule has 1 unspecified atom stereocenters. The van der Waals surface area contributed by atoms with Crippen LogP contribution in [-0.4, -0.2) is 32.1 Å². The zero-order valence-electron chi connectivity index (χ0n) is 8.56. The van der Waals surface area contributed by atoms with Crippen molar-refractivity contribution >= 4 is 13.6 Å². The van der Waals surface area contributed by atoms with E-state index in [1.165, 1.54) is 0 Å². The van der Waals surface area contributed by atoms with Gasteiger partial charge in [-0.05, 0) is 13.8 Å². The van der Waals surface area contributed by atoms with Crippen molar-refractivity contribution in [3.05, 3.63) is 0 Å². The molecule has 0 radical (unpaired) electrons. The molecule has 0 aliphatic heterocycles. The lowest BCUT2D eigenvalue weighted by atomic mass is 10.7. The lowest BCUT2D eigenvalue weighted by Gasteiger charge is -2.20. The monoisotopic (exact) mass is 225 g/mol. The van der Waals surface area contributed by atoms with Gasteiger partial charge in [0.05, 0.1) is 20.3 Å². The van der Waals surface area contributed by atoms with Crippen LogP contribution >= 0.6 is 7.60 Å². The Balaban J connectivity index is 4.63. The predicted molar refractivity (Wildman–Crippen MR) is 50.8 cm³/mol. The summed E-state index contributed by atoms with van der Waals surface area (Å²) in [7, 11) is -2.42. The van der Waals surface area contributed by atoms with Crippen LogP contribution in [0, 0.1) is 0 Å². The lowest BCUT2D eigenvalue weighted by molar-refractivity contribution is -0.140. The third kappa shape index (κ3) is 3.38. The summed E-state index contributed by atoms with van der Waals surface area (Å²) in [5.41, 5.74) is 5.39. The number of methoxy groups -OCH3 is 1. The topological polar surface area (TPSA) is 87.9 Å². The number of hydrogen-bond donors (Lipinski definition) is 1. The van der Waals surface area contributed by atoms with E-state index in [1.807, 2.05) is 0 Å². The van der Waals surface area contributed by atoms with Gasteiger partial charge in [-0.15, -0.1) is 0 Å². The van der Waals surface area contributed by atoms with Crippen molar-refractivity contribution in [3.8, 4) is 0 Å². The molecular weight excluding hydrogens is 209 g/mol. The third-order valence-electron chi connectivity index (χ3n) is 1.40. The van der Waals surface area contributed by atoms with Crippen LogP contribution < -0.4 is 5.73 Å². The molecular formula is C7H16NO5P. The van der Waals surface area contributed by atoms with Crippen LogP contribution in [0.1, 0.15) is 13.8 Å². The molecule has 0 heterocycles. The van der Waals surface area contributed by atoms with E-state index in [1.54, 1.807) is 13.8 Å². The summed E-state index contributed by atoms with van der Waals surface area (Å²) in [6.45, 7) is 3.58. The minimum atomic E-state index is -3.58. The molecule has 1 atom stereocenters. The van der Waals surface area contributed by atoms with Gasteiger partial charge in [-0.2, -0.15) is 0 Å². The van der Waals surface area contributed by atoms with Crippen LogP contribution in [-0.2, 0) is 23.1 Å². The lowest BCUT2D eigenvalue weighted by Crippen LogP contribution is -2.33. The van der Waals surface area contributed by atoms with Crippen molar-refractivity contribution < 1.29 is 23.1 Å². The molecule has 0 aromatic heterocycles. The second kappa shape index (κ2) is 6.14. The van der Waals surface area contributed by atoms with Crippen LogP contribution in [0.5, 0.6) is 0 Å². The Hall–Kier alpha value is -0.420. The summed E-state index contributed by atoms with van der Waals surface area (Å²) in [5.74, 6) is -2.19. The van der Waals surface area contributed by atoms with Gasteiger partial charge in [-0.3, -0.25) is 4.57 Å². The first kappa shape index (κ1) is 13.6. The molecule has 6 nitrogen and oxygen atoms in total. The fraction of sp³-hybridized carbons (Fsp3) is 0.857. The number of carbonyl (C=O) groups is 1. The zero-order chi connectivity index (χ0) is 11.2. The third-order valence-corrected chi connectivity index (χ3v) is 3.53. The second-order valence-corrected chi connectivity index (χ2v) is 4.50. The number of ether oxygens (including phenoxy) is 1. The largest absolute Gasteiger partial charge is 0.467 e. The molecule has 0 aliphatic carbocycles. The van der Waals surface area contributed by atoms with Gasteiger partial charge in [0.15, 0.2) is 0 Å². The van der Waals surface area contributed by atoms with Gasteiger partial charge in [-0.25, -0.2) is 4.79 Å². The summed E-state index contributed by atoms with van der Waals surface area (Å²) in [6.07, 6.45) is 0. The fourth-order valence-corrected chi connectivity index (χ4v) is 2.29. The smallest absolute Gasteiger partial charge is 0.358 e. The van der Waals surface area contributed by atoms with Gasteiger partial charge in [0, 0.05) is 0 Å². The van der Waals surface area contributed by atoms with E-state index in [0.717, 1.165) is 7.11 Å². The van der Waals surface area contributed by atoms with Gasteiger partial charge >= 0.3 is 13.6 Å². The summed E-state index contributed by atoms with van der Waals surface area (Å²) < 4.78 is 25.9. The first-order valence-electron chi connectivity index (χ1n) is 4.24. The van der Waals surface area contributed by atoms with Gasteiger partial charge in [0.25, 0.3) is 0 Å². The molecule has 2 N–H and O–H groups in total. The van der Waals surface area contributed by atoms with Crippen LogP contribution in [0.2, 0.25) is 0 Å². The Labute approximate surface area is 83.2 Å². The molecule has 0 spiro atoms. The average Bonchev–Trinajstić information content (AvgIpc) is 2.16. The molecule has 7 heteroatoms. The van der Waals surface area contributed by atoms with Crippen molar-refractivity contribution in [3.63, 3.8) is 0 Å². The van der Waals surface area contributed by atoms with Crippen molar-refractivity contribution in [2.75, 3.05) is 20.3 Å². The molecule has 0 aromatic carbocycles. The Kier molecular flexibility index (Phi) is 5.95. The van der Waals surface area contributed by atoms with E-state index in [4.69, 9.17) is 14.8 Å². The summed E-state index contributed by atoms with van der Waals surface area (Å²) in [6, 6.07) is 0. The van der Waals surface area contributed by atoms with Crippen LogP contribution in [0.4, 0.5) is 0 Å².